The third-order valence-electron chi connectivity index (χ3n) is 5.67. The molecule has 0 heteroatoms. The third-order valence-corrected chi connectivity index (χ3v) is 5.67. The van der Waals surface area contributed by atoms with Crippen molar-refractivity contribution in [2.45, 2.75) is 19.3 Å². The van der Waals surface area contributed by atoms with Crippen molar-refractivity contribution in [3.8, 4) is 22.3 Å². The average Bonchev–Trinajstić information content (AvgIpc) is 2.90. The maximum absolute atomic E-state index is 2.39. The molecule has 1 aliphatic rings. The zero-order chi connectivity index (χ0) is 17.0. The van der Waals surface area contributed by atoms with Gasteiger partial charge in [-0.3, -0.25) is 0 Å². The van der Waals surface area contributed by atoms with E-state index in [2.05, 4.69) is 98.8 Å². The Morgan fingerprint density at radius 2 is 1.36 bits per heavy atom. The van der Waals surface area contributed by atoms with E-state index >= 15 is 0 Å². The summed E-state index contributed by atoms with van der Waals surface area (Å²) in [5.74, 6) is 0. The van der Waals surface area contributed by atoms with E-state index in [0.29, 0.717) is 0 Å². The second kappa shape index (κ2) is 5.07. The molecular weight excluding hydrogens is 300 g/mol. The third kappa shape index (κ3) is 2.01. The molecule has 4 aromatic rings. The summed E-state index contributed by atoms with van der Waals surface area (Å²) in [6, 6.07) is 30.9. The summed E-state index contributed by atoms with van der Waals surface area (Å²) < 4.78 is 0. The highest BCUT2D eigenvalue weighted by atomic mass is 14.4. The molecule has 4 aromatic carbocycles. The Labute approximate surface area is 148 Å². The van der Waals surface area contributed by atoms with Crippen molar-refractivity contribution in [3.05, 3.63) is 96.1 Å². The normalized spacial score (nSPS) is 14.3. The second-order valence-corrected chi connectivity index (χ2v) is 7.46. The first kappa shape index (κ1) is 14.5. The fourth-order valence-electron chi connectivity index (χ4n) is 4.32. The number of rotatable bonds is 1. The lowest BCUT2D eigenvalue weighted by molar-refractivity contribution is 0.661. The summed E-state index contributed by atoms with van der Waals surface area (Å²) in [6.45, 7) is 4.70. The number of benzene rings is 4. The van der Waals surface area contributed by atoms with Crippen LogP contribution in [0.1, 0.15) is 25.0 Å². The van der Waals surface area contributed by atoms with Crippen molar-refractivity contribution in [2.75, 3.05) is 0 Å². The zero-order valence-corrected chi connectivity index (χ0v) is 14.6. The molecule has 0 radical (unpaired) electrons. The number of fused-ring (bicyclic) bond motifs is 5. The number of hydrogen-bond donors (Lipinski definition) is 0. The van der Waals surface area contributed by atoms with Gasteiger partial charge in [0.25, 0.3) is 0 Å². The minimum Gasteiger partial charge on any atom is -0.0622 e. The molecule has 120 valence electrons. The first-order valence-corrected chi connectivity index (χ1v) is 8.89. The Balaban J connectivity index is 1.81. The van der Waals surface area contributed by atoms with Crippen LogP contribution in [0.3, 0.4) is 0 Å². The molecular formula is C25H20. The minimum atomic E-state index is 0.0273. The molecule has 0 saturated heterocycles. The van der Waals surface area contributed by atoms with Gasteiger partial charge in [0.1, 0.15) is 0 Å². The monoisotopic (exact) mass is 320 g/mol. The topological polar surface area (TPSA) is 0 Å². The summed E-state index contributed by atoms with van der Waals surface area (Å²) in [5, 5.41) is 2.68. The van der Waals surface area contributed by atoms with Crippen molar-refractivity contribution >= 4 is 10.8 Å². The van der Waals surface area contributed by atoms with Gasteiger partial charge in [0.15, 0.2) is 0 Å². The standard InChI is InChI=1S/C25H20/c1-25(2)22-15-13-18-10-6-7-11-20(18)24(22)21-14-12-19(16-23(21)25)17-8-4-3-5-9-17/h3-16H,1-2H3. The lowest BCUT2D eigenvalue weighted by Gasteiger charge is -2.22. The van der Waals surface area contributed by atoms with Crippen LogP contribution in [0.5, 0.6) is 0 Å². The molecule has 0 aliphatic heterocycles. The smallest absolute Gasteiger partial charge is 0.0159 e. The van der Waals surface area contributed by atoms with E-state index < -0.39 is 0 Å². The maximum atomic E-state index is 2.39. The summed E-state index contributed by atoms with van der Waals surface area (Å²) in [6.07, 6.45) is 0. The molecule has 0 aromatic heterocycles. The van der Waals surface area contributed by atoms with Gasteiger partial charge in [-0.05, 0) is 50.2 Å². The fraction of sp³-hybridized carbons (Fsp3) is 0.120. The van der Waals surface area contributed by atoms with E-state index in [1.54, 1.807) is 0 Å². The summed E-state index contributed by atoms with van der Waals surface area (Å²) in [7, 11) is 0. The van der Waals surface area contributed by atoms with Crippen molar-refractivity contribution < 1.29 is 0 Å². The van der Waals surface area contributed by atoms with E-state index in [1.807, 2.05) is 0 Å². The van der Waals surface area contributed by atoms with Gasteiger partial charge in [-0.15, -0.1) is 0 Å². The first-order chi connectivity index (χ1) is 12.2. The fourth-order valence-corrected chi connectivity index (χ4v) is 4.32. The lowest BCUT2D eigenvalue weighted by atomic mass is 9.81. The summed E-state index contributed by atoms with van der Waals surface area (Å²) in [4.78, 5) is 0. The molecule has 0 saturated carbocycles. The van der Waals surface area contributed by atoms with E-state index in [0.717, 1.165) is 0 Å². The predicted molar refractivity (Wildman–Crippen MR) is 107 cm³/mol. The van der Waals surface area contributed by atoms with Crippen LogP contribution in [-0.2, 0) is 5.41 Å². The van der Waals surface area contributed by atoms with Crippen LogP contribution in [0.2, 0.25) is 0 Å². The van der Waals surface area contributed by atoms with Crippen LogP contribution < -0.4 is 0 Å². The SMILES string of the molecule is CC1(C)c2cc(-c3ccccc3)ccc2-c2c1ccc1ccccc21. The molecule has 0 unspecified atom stereocenters. The van der Waals surface area contributed by atoms with Crippen LogP contribution in [0.4, 0.5) is 0 Å². The molecule has 25 heavy (non-hydrogen) atoms. The van der Waals surface area contributed by atoms with E-state index in [1.165, 1.54) is 44.2 Å². The Bertz CT molecular complexity index is 1100. The molecule has 0 fully saturated rings. The minimum absolute atomic E-state index is 0.0273. The predicted octanol–water partition coefficient (Wildman–Crippen LogP) is 6.81. The highest BCUT2D eigenvalue weighted by Crippen LogP contribution is 2.51. The van der Waals surface area contributed by atoms with Crippen molar-refractivity contribution in [2.24, 2.45) is 0 Å². The van der Waals surface area contributed by atoms with E-state index in [-0.39, 0.29) is 5.41 Å². The van der Waals surface area contributed by atoms with E-state index in [9.17, 15) is 0 Å². The lowest BCUT2D eigenvalue weighted by Crippen LogP contribution is -2.15. The van der Waals surface area contributed by atoms with Gasteiger partial charge >= 0.3 is 0 Å². The van der Waals surface area contributed by atoms with Crippen molar-refractivity contribution in [1.82, 2.24) is 0 Å². The Morgan fingerprint density at radius 1 is 0.600 bits per heavy atom. The Morgan fingerprint density at radius 3 is 2.20 bits per heavy atom. The molecule has 0 heterocycles. The van der Waals surface area contributed by atoms with Crippen molar-refractivity contribution in [3.63, 3.8) is 0 Å². The van der Waals surface area contributed by atoms with Gasteiger partial charge in [0.05, 0.1) is 0 Å². The highest BCUT2D eigenvalue weighted by Gasteiger charge is 2.36. The molecule has 0 bridgehead atoms. The van der Waals surface area contributed by atoms with Crippen molar-refractivity contribution in [1.29, 1.82) is 0 Å². The highest BCUT2D eigenvalue weighted by molar-refractivity contribution is 6.02. The van der Waals surface area contributed by atoms with Crippen LogP contribution in [-0.4, -0.2) is 0 Å². The average molecular weight is 320 g/mol. The first-order valence-electron chi connectivity index (χ1n) is 8.89. The van der Waals surface area contributed by atoms with Gasteiger partial charge < -0.3 is 0 Å². The van der Waals surface area contributed by atoms with Gasteiger partial charge in [0, 0.05) is 5.41 Å². The Kier molecular flexibility index (Phi) is 2.93. The van der Waals surface area contributed by atoms with Crippen LogP contribution in [0.25, 0.3) is 33.0 Å². The van der Waals surface area contributed by atoms with Crippen LogP contribution >= 0.6 is 0 Å². The van der Waals surface area contributed by atoms with Gasteiger partial charge in [-0.25, -0.2) is 0 Å². The van der Waals surface area contributed by atoms with Crippen LogP contribution in [0, 0.1) is 0 Å². The molecule has 0 spiro atoms. The Hall–Kier alpha value is -2.86. The molecule has 0 N–H and O–H groups in total. The maximum Gasteiger partial charge on any atom is 0.0159 e. The zero-order valence-electron chi connectivity index (χ0n) is 14.6. The number of hydrogen-bond acceptors (Lipinski definition) is 0. The quantitative estimate of drug-likeness (QED) is 0.361. The second-order valence-electron chi connectivity index (χ2n) is 7.46. The molecule has 1 aliphatic carbocycles. The summed E-state index contributed by atoms with van der Waals surface area (Å²) in [5.41, 5.74) is 8.27. The molecule has 0 atom stereocenters. The summed E-state index contributed by atoms with van der Waals surface area (Å²) >= 11 is 0. The molecule has 5 rings (SSSR count). The largest absolute Gasteiger partial charge is 0.0622 e. The molecule has 0 nitrogen and oxygen atoms in total. The van der Waals surface area contributed by atoms with Gasteiger partial charge in [0.2, 0.25) is 0 Å². The van der Waals surface area contributed by atoms with Gasteiger partial charge in [-0.1, -0.05) is 92.7 Å². The van der Waals surface area contributed by atoms with Gasteiger partial charge in [-0.2, -0.15) is 0 Å². The van der Waals surface area contributed by atoms with Crippen LogP contribution in [0.15, 0.2) is 84.9 Å². The van der Waals surface area contributed by atoms with E-state index in [4.69, 9.17) is 0 Å². The molecule has 0 amide bonds.